The molecule has 2 aromatic rings. The minimum Gasteiger partial charge on any atom is -0.354 e. The molecule has 0 aliphatic rings. The molecule has 0 fully saturated rings. The Morgan fingerprint density at radius 3 is 2.40 bits per heavy atom. The van der Waals surface area contributed by atoms with Crippen LogP contribution in [-0.4, -0.2) is 24.9 Å². The number of amides is 2. The number of hydrogen-bond acceptors (Lipinski definition) is 2. The van der Waals surface area contributed by atoms with Gasteiger partial charge in [0.2, 0.25) is 5.91 Å². The molecule has 0 atom stereocenters. The highest BCUT2D eigenvalue weighted by molar-refractivity contribution is 6.35. The maximum Gasteiger partial charge on any atom is 0.251 e. The van der Waals surface area contributed by atoms with E-state index in [1.807, 2.05) is 0 Å². The van der Waals surface area contributed by atoms with Crippen LogP contribution in [0.25, 0.3) is 0 Å². The standard InChI is InChI=1S/C17H14Cl2F2N2O2/c18-12-3-1-10(13(19)8-12)5-6-22-16(24)9-23-17(25)11-2-4-14(20)15(21)7-11/h1-4,7-8H,5-6,9H2,(H,22,24)(H,23,25). The van der Waals surface area contributed by atoms with E-state index in [0.717, 1.165) is 23.8 Å². The van der Waals surface area contributed by atoms with Crippen LogP contribution in [0.5, 0.6) is 0 Å². The summed E-state index contributed by atoms with van der Waals surface area (Å²) in [7, 11) is 0. The average Bonchev–Trinajstić information content (AvgIpc) is 2.57. The minimum atomic E-state index is -1.13. The van der Waals surface area contributed by atoms with Gasteiger partial charge in [-0.1, -0.05) is 29.3 Å². The first-order valence-corrected chi connectivity index (χ1v) is 8.06. The zero-order valence-corrected chi connectivity index (χ0v) is 14.4. The Hall–Kier alpha value is -2.18. The third kappa shape index (κ3) is 5.69. The van der Waals surface area contributed by atoms with E-state index in [0.29, 0.717) is 23.0 Å². The van der Waals surface area contributed by atoms with Crippen LogP contribution in [0.15, 0.2) is 36.4 Å². The van der Waals surface area contributed by atoms with Crippen LogP contribution in [-0.2, 0) is 11.2 Å². The van der Waals surface area contributed by atoms with Crippen LogP contribution in [0.2, 0.25) is 10.0 Å². The Kier molecular flexibility index (Phi) is 6.73. The van der Waals surface area contributed by atoms with Gasteiger partial charge in [-0.25, -0.2) is 8.78 Å². The highest BCUT2D eigenvalue weighted by Crippen LogP contribution is 2.21. The Bertz CT molecular complexity index is 800. The van der Waals surface area contributed by atoms with Crippen molar-refractivity contribution in [1.82, 2.24) is 10.6 Å². The van der Waals surface area contributed by atoms with Crippen molar-refractivity contribution >= 4 is 35.0 Å². The van der Waals surface area contributed by atoms with Gasteiger partial charge in [-0.3, -0.25) is 9.59 Å². The van der Waals surface area contributed by atoms with Gasteiger partial charge >= 0.3 is 0 Å². The zero-order valence-electron chi connectivity index (χ0n) is 12.9. The normalized spacial score (nSPS) is 10.4. The molecule has 2 N–H and O–H groups in total. The van der Waals surface area contributed by atoms with Gasteiger partial charge in [-0.05, 0) is 42.3 Å². The number of halogens is 4. The molecule has 2 aromatic carbocycles. The van der Waals surface area contributed by atoms with E-state index >= 15 is 0 Å². The van der Waals surface area contributed by atoms with Crippen LogP contribution < -0.4 is 10.6 Å². The number of nitrogens with one attached hydrogen (secondary N) is 2. The van der Waals surface area contributed by atoms with Crippen molar-refractivity contribution in [2.45, 2.75) is 6.42 Å². The van der Waals surface area contributed by atoms with E-state index in [-0.39, 0.29) is 12.1 Å². The lowest BCUT2D eigenvalue weighted by molar-refractivity contribution is -0.120. The van der Waals surface area contributed by atoms with Crippen molar-refractivity contribution in [3.63, 3.8) is 0 Å². The van der Waals surface area contributed by atoms with E-state index in [1.165, 1.54) is 0 Å². The summed E-state index contributed by atoms with van der Waals surface area (Å²) >= 11 is 11.8. The average molecular weight is 387 g/mol. The molecular formula is C17H14Cl2F2N2O2. The predicted octanol–water partition coefficient (Wildman–Crippen LogP) is 3.36. The van der Waals surface area contributed by atoms with Crippen molar-refractivity contribution in [3.05, 3.63) is 69.2 Å². The first kappa shape index (κ1) is 19.1. The largest absolute Gasteiger partial charge is 0.354 e. The fraction of sp³-hybridized carbons (Fsp3) is 0.176. The number of carbonyl (C=O) groups is 2. The van der Waals surface area contributed by atoms with E-state index < -0.39 is 23.4 Å². The molecule has 2 rings (SSSR count). The van der Waals surface area contributed by atoms with Crippen LogP contribution in [0.1, 0.15) is 15.9 Å². The lowest BCUT2D eigenvalue weighted by Gasteiger charge is -2.08. The quantitative estimate of drug-likeness (QED) is 0.799. The molecule has 25 heavy (non-hydrogen) atoms. The molecule has 0 radical (unpaired) electrons. The Morgan fingerprint density at radius 2 is 1.72 bits per heavy atom. The molecule has 0 aliphatic carbocycles. The summed E-state index contributed by atoms with van der Waals surface area (Å²) in [6, 6.07) is 7.83. The topological polar surface area (TPSA) is 58.2 Å². The van der Waals surface area contributed by atoms with Gasteiger partial charge in [0, 0.05) is 22.2 Å². The highest BCUT2D eigenvalue weighted by atomic mass is 35.5. The molecule has 2 amide bonds. The molecular weight excluding hydrogens is 373 g/mol. The van der Waals surface area contributed by atoms with E-state index in [2.05, 4.69) is 10.6 Å². The lowest BCUT2D eigenvalue weighted by atomic mass is 10.1. The first-order valence-electron chi connectivity index (χ1n) is 7.30. The van der Waals surface area contributed by atoms with Crippen molar-refractivity contribution < 1.29 is 18.4 Å². The van der Waals surface area contributed by atoms with Crippen LogP contribution in [0, 0.1) is 11.6 Å². The molecule has 0 saturated heterocycles. The first-order chi connectivity index (χ1) is 11.9. The maximum atomic E-state index is 13.1. The molecule has 0 spiro atoms. The lowest BCUT2D eigenvalue weighted by Crippen LogP contribution is -2.37. The second kappa shape index (κ2) is 8.78. The SMILES string of the molecule is O=C(CNC(=O)c1ccc(F)c(F)c1)NCCc1ccc(Cl)cc1Cl. The Balaban J connectivity index is 1.76. The second-order valence-electron chi connectivity index (χ2n) is 5.15. The molecule has 132 valence electrons. The molecule has 0 unspecified atom stereocenters. The minimum absolute atomic E-state index is 0.0698. The maximum absolute atomic E-state index is 13.1. The van der Waals surface area contributed by atoms with Crippen molar-refractivity contribution in [1.29, 1.82) is 0 Å². The number of rotatable bonds is 6. The van der Waals surface area contributed by atoms with E-state index in [9.17, 15) is 18.4 Å². The molecule has 0 bridgehead atoms. The summed E-state index contributed by atoms with van der Waals surface area (Å²) in [6.45, 7) is 0.0351. The Labute approximate surface area is 153 Å². The van der Waals surface area contributed by atoms with E-state index in [4.69, 9.17) is 23.2 Å². The fourth-order valence-electron chi connectivity index (χ4n) is 2.02. The van der Waals surface area contributed by atoms with Gasteiger partial charge < -0.3 is 10.6 Å². The summed E-state index contributed by atoms with van der Waals surface area (Å²) in [5.74, 6) is -3.26. The van der Waals surface area contributed by atoms with Crippen molar-refractivity contribution in [3.8, 4) is 0 Å². The van der Waals surface area contributed by atoms with Crippen LogP contribution in [0.4, 0.5) is 8.78 Å². The summed E-state index contributed by atoms with van der Waals surface area (Å²) in [6.07, 6.45) is 0.499. The highest BCUT2D eigenvalue weighted by Gasteiger charge is 2.11. The summed E-state index contributed by atoms with van der Waals surface area (Å²) in [5.41, 5.74) is 0.761. The fourth-order valence-corrected chi connectivity index (χ4v) is 2.53. The summed E-state index contributed by atoms with van der Waals surface area (Å²) in [5, 5.41) is 5.98. The number of carbonyl (C=O) groups excluding carboxylic acids is 2. The van der Waals surface area contributed by atoms with Gasteiger partial charge in [-0.2, -0.15) is 0 Å². The Morgan fingerprint density at radius 1 is 0.960 bits per heavy atom. The van der Waals surface area contributed by atoms with Gasteiger partial charge in [-0.15, -0.1) is 0 Å². The zero-order chi connectivity index (χ0) is 18.4. The van der Waals surface area contributed by atoms with Gasteiger partial charge in [0.1, 0.15) is 0 Å². The second-order valence-corrected chi connectivity index (χ2v) is 5.99. The molecule has 0 saturated carbocycles. The molecule has 0 aliphatic heterocycles. The molecule has 4 nitrogen and oxygen atoms in total. The predicted molar refractivity (Wildman–Crippen MR) is 91.9 cm³/mol. The van der Waals surface area contributed by atoms with Crippen LogP contribution >= 0.6 is 23.2 Å². The van der Waals surface area contributed by atoms with Gasteiger partial charge in [0.15, 0.2) is 11.6 Å². The molecule has 8 heteroatoms. The summed E-state index contributed by atoms with van der Waals surface area (Å²) in [4.78, 5) is 23.5. The van der Waals surface area contributed by atoms with Crippen molar-refractivity contribution in [2.75, 3.05) is 13.1 Å². The monoisotopic (exact) mass is 386 g/mol. The molecule has 0 aromatic heterocycles. The van der Waals surface area contributed by atoms with Crippen LogP contribution in [0.3, 0.4) is 0 Å². The smallest absolute Gasteiger partial charge is 0.251 e. The van der Waals surface area contributed by atoms with E-state index in [1.54, 1.807) is 18.2 Å². The van der Waals surface area contributed by atoms with Gasteiger partial charge in [0.05, 0.1) is 6.54 Å². The van der Waals surface area contributed by atoms with Gasteiger partial charge in [0.25, 0.3) is 5.91 Å². The third-order valence-electron chi connectivity index (χ3n) is 3.32. The number of hydrogen-bond donors (Lipinski definition) is 2. The third-order valence-corrected chi connectivity index (χ3v) is 3.91. The summed E-state index contributed by atoms with van der Waals surface area (Å²) < 4.78 is 25.9. The van der Waals surface area contributed by atoms with Crippen molar-refractivity contribution in [2.24, 2.45) is 0 Å². The number of benzene rings is 2. The molecule has 0 heterocycles.